The predicted octanol–water partition coefficient (Wildman–Crippen LogP) is 0.478. The minimum atomic E-state index is -0.143. The maximum Gasteiger partial charge on any atom is 0.242 e. The number of aromatic nitrogens is 2. The van der Waals surface area contributed by atoms with Crippen LogP contribution in [0.25, 0.3) is 10.9 Å². The molecule has 0 saturated carbocycles. The van der Waals surface area contributed by atoms with Gasteiger partial charge in [-0.3, -0.25) is 14.3 Å². The second kappa shape index (κ2) is 9.19. The third-order valence-electron chi connectivity index (χ3n) is 5.56. The molecule has 0 spiro atoms. The SMILES string of the molecule is Cc1ccc([C@@H](C[NH+]2CCOCC2)NC(=O)Cn2ncc(=O)c3ccccc32)cc1. The lowest BCUT2D eigenvalue weighted by molar-refractivity contribution is -0.909. The van der Waals surface area contributed by atoms with Gasteiger partial charge in [-0.1, -0.05) is 42.0 Å². The maximum atomic E-state index is 12.9. The maximum absolute atomic E-state index is 12.9. The Labute approximate surface area is 175 Å². The summed E-state index contributed by atoms with van der Waals surface area (Å²) < 4.78 is 7.05. The Morgan fingerprint density at radius 3 is 2.67 bits per heavy atom. The molecule has 1 aliphatic rings. The van der Waals surface area contributed by atoms with E-state index in [1.54, 1.807) is 10.7 Å². The number of nitrogens with one attached hydrogen (secondary N) is 2. The van der Waals surface area contributed by atoms with Crippen molar-refractivity contribution in [3.05, 3.63) is 76.1 Å². The summed E-state index contributed by atoms with van der Waals surface area (Å²) in [5.41, 5.74) is 2.79. The zero-order valence-corrected chi connectivity index (χ0v) is 17.1. The summed E-state index contributed by atoms with van der Waals surface area (Å²) in [5, 5.41) is 7.93. The topological polar surface area (TPSA) is 77.7 Å². The van der Waals surface area contributed by atoms with E-state index in [0.29, 0.717) is 10.9 Å². The molecule has 1 fully saturated rings. The van der Waals surface area contributed by atoms with Gasteiger partial charge in [-0.2, -0.15) is 5.10 Å². The van der Waals surface area contributed by atoms with Crippen molar-refractivity contribution in [3.8, 4) is 0 Å². The van der Waals surface area contributed by atoms with Gasteiger partial charge in [0.15, 0.2) is 0 Å². The Hall–Kier alpha value is -3.03. The van der Waals surface area contributed by atoms with Gasteiger partial charge in [0.2, 0.25) is 11.3 Å². The van der Waals surface area contributed by atoms with Gasteiger partial charge >= 0.3 is 0 Å². The Bertz CT molecular complexity index is 1070. The van der Waals surface area contributed by atoms with Crippen molar-refractivity contribution in [2.24, 2.45) is 0 Å². The smallest absolute Gasteiger partial charge is 0.242 e. The fourth-order valence-electron chi connectivity index (χ4n) is 3.87. The largest absolute Gasteiger partial charge is 0.370 e. The summed E-state index contributed by atoms with van der Waals surface area (Å²) in [6.07, 6.45) is 1.27. The van der Waals surface area contributed by atoms with E-state index in [0.717, 1.165) is 38.4 Å². The lowest BCUT2D eigenvalue weighted by Crippen LogP contribution is -3.14. The summed E-state index contributed by atoms with van der Waals surface area (Å²) in [6, 6.07) is 15.4. The number of ether oxygens (including phenoxy) is 1. The van der Waals surface area contributed by atoms with E-state index in [-0.39, 0.29) is 23.9 Å². The number of fused-ring (bicyclic) bond motifs is 1. The van der Waals surface area contributed by atoms with Crippen LogP contribution in [0.15, 0.2) is 59.5 Å². The van der Waals surface area contributed by atoms with Gasteiger partial charge in [0.25, 0.3) is 0 Å². The van der Waals surface area contributed by atoms with Crippen molar-refractivity contribution >= 4 is 16.8 Å². The lowest BCUT2D eigenvalue weighted by Gasteiger charge is -2.28. The average molecular weight is 407 g/mol. The summed E-state index contributed by atoms with van der Waals surface area (Å²) in [4.78, 5) is 26.4. The summed E-state index contributed by atoms with van der Waals surface area (Å²) in [7, 11) is 0. The number of quaternary nitrogens is 1. The highest BCUT2D eigenvalue weighted by Gasteiger charge is 2.23. The van der Waals surface area contributed by atoms with E-state index in [2.05, 4.69) is 41.6 Å². The fourth-order valence-corrected chi connectivity index (χ4v) is 3.87. The van der Waals surface area contributed by atoms with Crippen LogP contribution in [0, 0.1) is 6.92 Å². The highest BCUT2D eigenvalue weighted by atomic mass is 16.5. The number of para-hydroxylation sites is 1. The molecule has 1 amide bonds. The summed E-state index contributed by atoms with van der Waals surface area (Å²) in [5.74, 6) is -0.130. The number of amides is 1. The van der Waals surface area contributed by atoms with Crippen LogP contribution in [0.1, 0.15) is 17.2 Å². The fraction of sp³-hybridized carbons (Fsp3) is 0.348. The van der Waals surface area contributed by atoms with Crippen LogP contribution < -0.4 is 15.6 Å². The molecule has 1 aliphatic heterocycles. The van der Waals surface area contributed by atoms with Crippen molar-refractivity contribution in [2.45, 2.75) is 19.5 Å². The standard InChI is InChI=1S/C23H26N4O3/c1-17-6-8-18(9-7-17)20(15-26-10-12-30-13-11-26)25-23(29)16-27-21-5-3-2-4-19(21)22(28)14-24-27/h2-9,14,20H,10-13,15-16H2,1H3,(H,25,29)/p+1/t20-/m1/s1. The first-order chi connectivity index (χ1) is 14.6. The molecule has 2 aromatic carbocycles. The predicted molar refractivity (Wildman–Crippen MR) is 114 cm³/mol. The molecule has 2 heterocycles. The van der Waals surface area contributed by atoms with Crippen molar-refractivity contribution < 1.29 is 14.4 Å². The summed E-state index contributed by atoms with van der Waals surface area (Å²) >= 11 is 0. The van der Waals surface area contributed by atoms with Crippen LogP contribution in [0.5, 0.6) is 0 Å². The number of nitrogens with zero attached hydrogens (tertiary/aromatic N) is 2. The van der Waals surface area contributed by atoms with Crippen molar-refractivity contribution in [2.75, 3.05) is 32.8 Å². The molecule has 7 heteroatoms. The first kappa shape index (κ1) is 20.3. The molecule has 1 atom stereocenters. The molecule has 2 N–H and O–H groups in total. The zero-order valence-electron chi connectivity index (χ0n) is 17.1. The van der Waals surface area contributed by atoms with Gasteiger partial charge in [0.1, 0.15) is 32.2 Å². The van der Waals surface area contributed by atoms with Crippen LogP contribution in [-0.2, 0) is 16.1 Å². The molecule has 4 rings (SSSR count). The average Bonchev–Trinajstić information content (AvgIpc) is 2.77. The lowest BCUT2D eigenvalue weighted by atomic mass is 10.0. The van der Waals surface area contributed by atoms with Gasteiger partial charge in [-0.25, -0.2) is 0 Å². The Morgan fingerprint density at radius 1 is 1.17 bits per heavy atom. The second-order valence-corrected chi connectivity index (χ2v) is 7.78. The monoisotopic (exact) mass is 407 g/mol. The zero-order chi connectivity index (χ0) is 20.9. The van der Waals surface area contributed by atoms with Crippen LogP contribution in [0.3, 0.4) is 0 Å². The van der Waals surface area contributed by atoms with E-state index in [9.17, 15) is 9.59 Å². The van der Waals surface area contributed by atoms with Crippen molar-refractivity contribution in [1.82, 2.24) is 15.1 Å². The minimum Gasteiger partial charge on any atom is -0.370 e. The number of rotatable bonds is 6. The molecule has 30 heavy (non-hydrogen) atoms. The highest BCUT2D eigenvalue weighted by molar-refractivity contribution is 5.81. The Balaban J connectivity index is 1.53. The molecule has 0 aliphatic carbocycles. The van der Waals surface area contributed by atoms with E-state index >= 15 is 0 Å². The van der Waals surface area contributed by atoms with Crippen LogP contribution in [0.2, 0.25) is 0 Å². The number of hydrogen-bond acceptors (Lipinski definition) is 4. The molecule has 3 aromatic rings. The highest BCUT2D eigenvalue weighted by Crippen LogP contribution is 2.13. The molecular formula is C23H27N4O3+. The number of carbonyl (C=O) groups is 1. The molecule has 1 saturated heterocycles. The normalized spacial score (nSPS) is 15.8. The van der Waals surface area contributed by atoms with Crippen LogP contribution >= 0.6 is 0 Å². The van der Waals surface area contributed by atoms with E-state index < -0.39 is 0 Å². The number of morpholine rings is 1. The molecule has 7 nitrogen and oxygen atoms in total. The van der Waals surface area contributed by atoms with E-state index in [1.165, 1.54) is 16.7 Å². The molecular weight excluding hydrogens is 380 g/mol. The Morgan fingerprint density at radius 2 is 1.90 bits per heavy atom. The van der Waals surface area contributed by atoms with E-state index in [1.807, 2.05) is 18.2 Å². The number of carbonyl (C=O) groups excluding carboxylic acids is 1. The Kier molecular flexibility index (Phi) is 6.21. The van der Waals surface area contributed by atoms with Crippen LogP contribution in [-0.4, -0.2) is 48.5 Å². The van der Waals surface area contributed by atoms with Gasteiger partial charge in [-0.05, 0) is 24.6 Å². The molecule has 0 radical (unpaired) electrons. The minimum absolute atomic E-state index is 0.0571. The third-order valence-corrected chi connectivity index (χ3v) is 5.56. The molecule has 0 unspecified atom stereocenters. The number of aryl methyl sites for hydroxylation is 1. The number of hydrogen-bond donors (Lipinski definition) is 2. The van der Waals surface area contributed by atoms with Crippen LogP contribution in [0.4, 0.5) is 0 Å². The van der Waals surface area contributed by atoms with Crippen molar-refractivity contribution in [1.29, 1.82) is 0 Å². The third kappa shape index (κ3) is 4.75. The molecule has 156 valence electrons. The van der Waals surface area contributed by atoms with Crippen molar-refractivity contribution in [3.63, 3.8) is 0 Å². The van der Waals surface area contributed by atoms with Gasteiger partial charge in [0.05, 0.1) is 24.9 Å². The van der Waals surface area contributed by atoms with Gasteiger partial charge in [-0.15, -0.1) is 0 Å². The second-order valence-electron chi connectivity index (χ2n) is 7.78. The first-order valence-electron chi connectivity index (χ1n) is 10.3. The first-order valence-corrected chi connectivity index (χ1v) is 10.3. The van der Waals surface area contributed by atoms with Gasteiger partial charge < -0.3 is 15.0 Å². The van der Waals surface area contributed by atoms with Gasteiger partial charge in [0, 0.05) is 5.39 Å². The molecule has 1 aromatic heterocycles. The summed E-state index contributed by atoms with van der Waals surface area (Å²) in [6.45, 7) is 6.28. The quantitative estimate of drug-likeness (QED) is 0.623. The number of benzene rings is 2. The molecule has 0 bridgehead atoms. The van der Waals surface area contributed by atoms with E-state index in [4.69, 9.17) is 4.74 Å².